The van der Waals surface area contributed by atoms with Crippen molar-refractivity contribution in [3.05, 3.63) is 38.5 Å². The maximum absolute atomic E-state index is 6.23. The van der Waals surface area contributed by atoms with Gasteiger partial charge < -0.3 is 10.5 Å². The van der Waals surface area contributed by atoms with E-state index in [4.69, 9.17) is 33.7 Å². The molecule has 90 valence electrons. The predicted molar refractivity (Wildman–Crippen MR) is 74.2 cm³/mol. The summed E-state index contributed by atoms with van der Waals surface area (Å²) >= 11 is 13.9. The predicted octanol–water partition coefficient (Wildman–Crippen LogP) is 4.19. The van der Waals surface area contributed by atoms with Gasteiger partial charge in [0.15, 0.2) is 0 Å². The summed E-state index contributed by atoms with van der Waals surface area (Å²) < 4.78 is 5.12. The Balaban J connectivity index is 2.56. The van der Waals surface area contributed by atoms with E-state index in [0.29, 0.717) is 22.3 Å². The molecule has 0 unspecified atom stereocenters. The Morgan fingerprint density at radius 2 is 2.00 bits per heavy atom. The lowest BCUT2D eigenvalue weighted by Gasteiger charge is -2.09. The third kappa shape index (κ3) is 2.43. The van der Waals surface area contributed by atoms with Gasteiger partial charge in [0.05, 0.1) is 17.2 Å². The van der Waals surface area contributed by atoms with Crippen LogP contribution in [-0.4, -0.2) is 7.11 Å². The van der Waals surface area contributed by atoms with E-state index in [0.717, 1.165) is 16.0 Å². The fourth-order valence-electron chi connectivity index (χ4n) is 1.63. The topological polar surface area (TPSA) is 35.2 Å². The molecule has 2 nitrogen and oxygen atoms in total. The van der Waals surface area contributed by atoms with E-state index in [1.165, 1.54) is 0 Å². The van der Waals surface area contributed by atoms with Gasteiger partial charge in [-0.1, -0.05) is 23.2 Å². The van der Waals surface area contributed by atoms with Crippen molar-refractivity contribution in [1.82, 2.24) is 0 Å². The van der Waals surface area contributed by atoms with Crippen LogP contribution in [0.1, 0.15) is 4.88 Å². The largest absolute Gasteiger partial charge is 0.495 e. The summed E-state index contributed by atoms with van der Waals surface area (Å²) in [5, 5.41) is 3.15. The Kier molecular flexibility index (Phi) is 3.94. The molecule has 5 heteroatoms. The summed E-state index contributed by atoms with van der Waals surface area (Å²) in [7, 11) is 1.56. The van der Waals surface area contributed by atoms with E-state index in [2.05, 4.69) is 0 Å². The van der Waals surface area contributed by atoms with Gasteiger partial charge in [-0.15, -0.1) is 11.3 Å². The van der Waals surface area contributed by atoms with E-state index in [1.807, 2.05) is 17.5 Å². The van der Waals surface area contributed by atoms with E-state index >= 15 is 0 Å². The van der Waals surface area contributed by atoms with Crippen molar-refractivity contribution < 1.29 is 4.74 Å². The monoisotopic (exact) mass is 287 g/mol. The summed E-state index contributed by atoms with van der Waals surface area (Å²) in [4.78, 5) is 1.09. The van der Waals surface area contributed by atoms with Crippen LogP contribution in [0.3, 0.4) is 0 Å². The molecule has 0 bridgehead atoms. The molecule has 0 atom stereocenters. The number of hydrogen-bond acceptors (Lipinski definition) is 3. The molecule has 17 heavy (non-hydrogen) atoms. The molecular weight excluding hydrogens is 277 g/mol. The zero-order valence-corrected chi connectivity index (χ0v) is 11.5. The molecule has 0 aliphatic carbocycles. The van der Waals surface area contributed by atoms with Crippen molar-refractivity contribution in [1.29, 1.82) is 0 Å². The van der Waals surface area contributed by atoms with Gasteiger partial charge >= 0.3 is 0 Å². The van der Waals surface area contributed by atoms with Crippen LogP contribution >= 0.6 is 34.5 Å². The first-order valence-corrected chi connectivity index (χ1v) is 6.60. The molecular formula is C12H11Cl2NOS. The van der Waals surface area contributed by atoms with Crippen LogP contribution in [0.4, 0.5) is 0 Å². The maximum atomic E-state index is 6.23. The highest BCUT2D eigenvalue weighted by Gasteiger charge is 2.13. The number of rotatable bonds is 3. The minimum absolute atomic E-state index is 0.493. The van der Waals surface area contributed by atoms with Gasteiger partial charge in [-0.2, -0.15) is 0 Å². The normalized spacial score (nSPS) is 10.6. The lowest BCUT2D eigenvalue weighted by atomic mass is 10.1. The summed E-state index contributed by atoms with van der Waals surface area (Å²) in [6.45, 7) is 0.493. The molecule has 0 fully saturated rings. The number of halogens is 2. The number of methoxy groups -OCH3 is 1. The average molecular weight is 288 g/mol. The van der Waals surface area contributed by atoms with Gasteiger partial charge in [0, 0.05) is 23.1 Å². The first kappa shape index (κ1) is 12.7. The van der Waals surface area contributed by atoms with Gasteiger partial charge in [-0.3, -0.25) is 0 Å². The fraction of sp³-hybridized carbons (Fsp3) is 0.167. The van der Waals surface area contributed by atoms with Gasteiger partial charge in [0.25, 0.3) is 0 Å². The highest BCUT2D eigenvalue weighted by atomic mass is 35.5. The minimum atomic E-state index is 0.493. The zero-order chi connectivity index (χ0) is 12.4. The Morgan fingerprint density at radius 3 is 2.65 bits per heavy atom. The van der Waals surface area contributed by atoms with E-state index < -0.39 is 0 Å². The zero-order valence-electron chi connectivity index (χ0n) is 9.17. The summed E-state index contributed by atoms with van der Waals surface area (Å²) in [6.07, 6.45) is 0. The van der Waals surface area contributed by atoms with E-state index in [9.17, 15) is 0 Å². The summed E-state index contributed by atoms with van der Waals surface area (Å²) in [6, 6.07) is 5.53. The summed E-state index contributed by atoms with van der Waals surface area (Å²) in [5.74, 6) is 0.574. The van der Waals surface area contributed by atoms with Crippen molar-refractivity contribution in [3.63, 3.8) is 0 Å². The lowest BCUT2D eigenvalue weighted by Crippen LogP contribution is -1.95. The van der Waals surface area contributed by atoms with E-state index in [-0.39, 0.29) is 0 Å². The molecule has 2 aromatic rings. The first-order valence-electron chi connectivity index (χ1n) is 4.97. The van der Waals surface area contributed by atoms with Crippen LogP contribution in [0.5, 0.6) is 5.75 Å². The van der Waals surface area contributed by atoms with Crippen LogP contribution in [0, 0.1) is 0 Å². The number of nitrogens with two attached hydrogens (primary N) is 1. The number of thiophene rings is 1. The molecule has 0 amide bonds. The van der Waals surface area contributed by atoms with Crippen LogP contribution in [-0.2, 0) is 6.54 Å². The van der Waals surface area contributed by atoms with Crippen LogP contribution in [0.25, 0.3) is 11.1 Å². The van der Waals surface area contributed by atoms with Crippen LogP contribution < -0.4 is 10.5 Å². The molecule has 0 radical (unpaired) electrons. The maximum Gasteiger partial charge on any atom is 0.138 e. The van der Waals surface area contributed by atoms with Crippen molar-refractivity contribution >= 4 is 34.5 Å². The van der Waals surface area contributed by atoms with Crippen LogP contribution in [0.2, 0.25) is 10.0 Å². The number of ether oxygens (including phenoxy) is 1. The molecule has 0 saturated heterocycles. The molecule has 2 rings (SSSR count). The Bertz CT molecular complexity index is 539. The van der Waals surface area contributed by atoms with Crippen LogP contribution in [0.15, 0.2) is 23.6 Å². The van der Waals surface area contributed by atoms with Gasteiger partial charge in [-0.05, 0) is 23.1 Å². The SMILES string of the molecule is COc1cc(Cl)c(-c2ccsc2CN)cc1Cl. The van der Waals surface area contributed by atoms with Crippen molar-refractivity contribution in [2.75, 3.05) is 7.11 Å². The van der Waals surface area contributed by atoms with Gasteiger partial charge in [-0.25, -0.2) is 0 Å². The quantitative estimate of drug-likeness (QED) is 0.919. The van der Waals surface area contributed by atoms with Crippen molar-refractivity contribution in [2.45, 2.75) is 6.54 Å². The molecule has 0 saturated carbocycles. The molecule has 2 N–H and O–H groups in total. The Morgan fingerprint density at radius 1 is 1.24 bits per heavy atom. The lowest BCUT2D eigenvalue weighted by molar-refractivity contribution is 0.415. The molecule has 1 heterocycles. The van der Waals surface area contributed by atoms with Crippen molar-refractivity contribution in [2.24, 2.45) is 5.73 Å². The average Bonchev–Trinajstić information content (AvgIpc) is 2.79. The minimum Gasteiger partial charge on any atom is -0.495 e. The standard InChI is InChI=1S/C12H11Cl2NOS/c1-16-11-5-9(13)8(4-10(11)14)7-2-3-17-12(7)6-15/h2-5H,6,15H2,1H3. The highest BCUT2D eigenvalue weighted by molar-refractivity contribution is 7.10. The second-order valence-corrected chi connectivity index (χ2v) is 5.24. The second-order valence-electron chi connectivity index (χ2n) is 3.43. The van der Waals surface area contributed by atoms with E-state index in [1.54, 1.807) is 24.5 Å². The number of benzene rings is 1. The molecule has 1 aromatic heterocycles. The fourth-order valence-corrected chi connectivity index (χ4v) is 2.90. The highest BCUT2D eigenvalue weighted by Crippen LogP contribution is 2.39. The second kappa shape index (κ2) is 5.27. The van der Waals surface area contributed by atoms with Gasteiger partial charge in [0.2, 0.25) is 0 Å². The third-order valence-electron chi connectivity index (χ3n) is 2.46. The summed E-state index contributed by atoms with van der Waals surface area (Å²) in [5.41, 5.74) is 7.61. The first-order chi connectivity index (χ1) is 8.17. The Hall–Kier alpha value is -0.740. The molecule has 1 aromatic carbocycles. The smallest absolute Gasteiger partial charge is 0.138 e. The Labute approximate surface area is 114 Å². The number of hydrogen-bond donors (Lipinski definition) is 1. The molecule has 0 spiro atoms. The van der Waals surface area contributed by atoms with Crippen molar-refractivity contribution in [3.8, 4) is 16.9 Å². The van der Waals surface area contributed by atoms with Gasteiger partial charge in [0.1, 0.15) is 5.75 Å². The third-order valence-corrected chi connectivity index (χ3v) is 4.01. The molecule has 0 aliphatic rings. The molecule has 0 aliphatic heterocycles.